The fourth-order valence-electron chi connectivity index (χ4n) is 2.73. The fourth-order valence-corrected chi connectivity index (χ4v) is 3.53. The Balaban J connectivity index is 1.74. The number of carbonyl (C=O) groups excluding carboxylic acids is 1. The average molecular weight is 334 g/mol. The van der Waals surface area contributed by atoms with E-state index in [1.807, 2.05) is 0 Å². The van der Waals surface area contributed by atoms with Crippen LogP contribution in [0.4, 0.5) is 4.39 Å². The van der Waals surface area contributed by atoms with Gasteiger partial charge in [-0.15, -0.1) is 11.3 Å². The molecule has 0 bridgehead atoms. The third kappa shape index (κ3) is 3.39. The summed E-state index contributed by atoms with van der Waals surface area (Å²) < 4.78 is 13.2. The molecule has 3 rings (SSSR count). The number of likely N-dealkylation sites (tertiary alicyclic amines) is 1. The maximum Gasteiger partial charge on any atom is 0.326 e. The number of hydrogen-bond acceptors (Lipinski definition) is 4. The molecule has 2 heterocycles. The monoisotopic (exact) mass is 334 g/mol. The normalized spacial score (nSPS) is 17.4. The van der Waals surface area contributed by atoms with Gasteiger partial charge in [-0.1, -0.05) is 12.1 Å². The predicted molar refractivity (Wildman–Crippen MR) is 83.0 cm³/mol. The number of amides is 1. The highest BCUT2D eigenvalue weighted by atomic mass is 32.1. The molecule has 0 saturated carbocycles. The number of carboxylic acids is 1. The molecule has 1 unspecified atom stereocenters. The van der Waals surface area contributed by atoms with Crippen molar-refractivity contribution in [1.82, 2.24) is 9.88 Å². The molecule has 1 aliphatic rings. The lowest BCUT2D eigenvalue weighted by Gasteiger charge is -2.20. The smallest absolute Gasteiger partial charge is 0.326 e. The maximum absolute atomic E-state index is 13.2. The van der Waals surface area contributed by atoms with Gasteiger partial charge in [0, 0.05) is 18.3 Å². The Morgan fingerprint density at radius 2 is 2.26 bits per heavy atom. The van der Waals surface area contributed by atoms with E-state index in [1.165, 1.54) is 28.4 Å². The topological polar surface area (TPSA) is 70.5 Å². The summed E-state index contributed by atoms with van der Waals surface area (Å²) in [7, 11) is 0. The number of carbonyl (C=O) groups is 2. The van der Waals surface area contributed by atoms with Gasteiger partial charge >= 0.3 is 5.97 Å². The first-order valence-corrected chi connectivity index (χ1v) is 8.15. The van der Waals surface area contributed by atoms with Crippen molar-refractivity contribution in [1.29, 1.82) is 0 Å². The summed E-state index contributed by atoms with van der Waals surface area (Å²) >= 11 is 1.32. The standard InChI is InChI=1S/C16H15FN2O3S/c17-11-4-1-3-10(7-11)8-14-18-12(9-23-14)15(20)19-6-2-5-13(19)16(21)22/h1,3-4,7,9,13H,2,5-6,8H2,(H,21,22). The van der Waals surface area contributed by atoms with E-state index in [0.717, 1.165) is 5.56 Å². The maximum atomic E-state index is 13.2. The summed E-state index contributed by atoms with van der Waals surface area (Å²) in [6.07, 6.45) is 1.60. The second-order valence-electron chi connectivity index (χ2n) is 5.43. The SMILES string of the molecule is O=C(O)C1CCCN1C(=O)c1csc(Cc2cccc(F)c2)n1. The van der Waals surface area contributed by atoms with Crippen LogP contribution in [-0.4, -0.2) is 39.5 Å². The van der Waals surface area contributed by atoms with Gasteiger partial charge in [0.15, 0.2) is 0 Å². The van der Waals surface area contributed by atoms with Crippen molar-refractivity contribution in [3.63, 3.8) is 0 Å². The van der Waals surface area contributed by atoms with Crippen molar-refractivity contribution in [3.8, 4) is 0 Å². The molecule has 0 aliphatic carbocycles. The molecule has 1 saturated heterocycles. The molecule has 1 N–H and O–H groups in total. The van der Waals surface area contributed by atoms with Crippen molar-refractivity contribution in [2.75, 3.05) is 6.54 Å². The van der Waals surface area contributed by atoms with Crippen LogP contribution in [0.3, 0.4) is 0 Å². The summed E-state index contributed by atoms with van der Waals surface area (Å²) in [5.74, 6) is -1.64. The number of thiazole rings is 1. The Hall–Kier alpha value is -2.28. The van der Waals surface area contributed by atoms with Crippen LogP contribution in [0, 0.1) is 5.82 Å². The predicted octanol–water partition coefficient (Wildman–Crippen LogP) is 2.56. The lowest BCUT2D eigenvalue weighted by Crippen LogP contribution is -2.40. The Labute approximate surface area is 136 Å². The number of benzene rings is 1. The summed E-state index contributed by atoms with van der Waals surface area (Å²) in [4.78, 5) is 29.3. The van der Waals surface area contributed by atoms with Crippen molar-refractivity contribution in [2.24, 2.45) is 0 Å². The highest BCUT2D eigenvalue weighted by Crippen LogP contribution is 2.22. The number of carboxylic acid groups (broad SMARTS) is 1. The van der Waals surface area contributed by atoms with Crippen molar-refractivity contribution >= 4 is 23.2 Å². The third-order valence-electron chi connectivity index (χ3n) is 3.81. The molecule has 7 heteroatoms. The molecule has 1 aromatic carbocycles. The zero-order chi connectivity index (χ0) is 16.4. The highest BCUT2D eigenvalue weighted by Gasteiger charge is 2.35. The summed E-state index contributed by atoms with van der Waals surface area (Å²) in [6.45, 7) is 0.437. The first kappa shape index (κ1) is 15.6. The van der Waals surface area contributed by atoms with E-state index in [0.29, 0.717) is 30.8 Å². The molecular weight excluding hydrogens is 319 g/mol. The molecule has 23 heavy (non-hydrogen) atoms. The van der Waals surface area contributed by atoms with E-state index in [4.69, 9.17) is 5.11 Å². The molecule has 1 aliphatic heterocycles. The van der Waals surface area contributed by atoms with Crippen LogP contribution >= 0.6 is 11.3 Å². The molecule has 0 radical (unpaired) electrons. The molecular formula is C16H15FN2O3S. The second-order valence-corrected chi connectivity index (χ2v) is 6.37. The van der Waals surface area contributed by atoms with Crippen molar-refractivity contribution < 1.29 is 19.1 Å². The van der Waals surface area contributed by atoms with Gasteiger partial charge in [0.25, 0.3) is 5.91 Å². The van der Waals surface area contributed by atoms with Crippen LogP contribution < -0.4 is 0 Å². The van der Waals surface area contributed by atoms with Gasteiger partial charge in [0.1, 0.15) is 17.6 Å². The van der Waals surface area contributed by atoms with Crippen LogP contribution in [0.15, 0.2) is 29.6 Å². The molecule has 2 aromatic rings. The summed E-state index contributed by atoms with van der Waals surface area (Å²) in [5.41, 5.74) is 1.04. The summed E-state index contributed by atoms with van der Waals surface area (Å²) in [5, 5.41) is 11.5. The minimum atomic E-state index is -0.980. The Bertz CT molecular complexity index is 746. The van der Waals surface area contributed by atoms with E-state index in [-0.39, 0.29) is 17.4 Å². The van der Waals surface area contributed by atoms with Gasteiger partial charge < -0.3 is 10.0 Å². The van der Waals surface area contributed by atoms with Crippen LogP contribution in [0.5, 0.6) is 0 Å². The zero-order valence-electron chi connectivity index (χ0n) is 12.2. The Morgan fingerprint density at radius 1 is 1.43 bits per heavy atom. The first-order valence-electron chi connectivity index (χ1n) is 7.27. The minimum absolute atomic E-state index is 0.259. The number of rotatable bonds is 4. The zero-order valence-corrected chi connectivity index (χ0v) is 13.1. The van der Waals surface area contributed by atoms with Crippen molar-refractivity contribution in [3.05, 3.63) is 51.7 Å². The average Bonchev–Trinajstić information content (AvgIpc) is 3.15. The van der Waals surface area contributed by atoms with Crippen LogP contribution in [0.25, 0.3) is 0 Å². The van der Waals surface area contributed by atoms with Gasteiger partial charge in [0.2, 0.25) is 0 Å². The van der Waals surface area contributed by atoms with E-state index < -0.39 is 12.0 Å². The number of aliphatic carboxylic acids is 1. The van der Waals surface area contributed by atoms with Crippen LogP contribution in [-0.2, 0) is 11.2 Å². The first-order chi connectivity index (χ1) is 11.0. The third-order valence-corrected chi connectivity index (χ3v) is 4.66. The number of aromatic nitrogens is 1. The van der Waals surface area contributed by atoms with Crippen LogP contribution in [0.1, 0.15) is 33.9 Å². The fraction of sp³-hybridized carbons (Fsp3) is 0.312. The van der Waals surface area contributed by atoms with Gasteiger partial charge in [-0.2, -0.15) is 0 Å². The van der Waals surface area contributed by atoms with Gasteiger partial charge in [-0.25, -0.2) is 14.2 Å². The summed E-state index contributed by atoms with van der Waals surface area (Å²) in [6, 6.07) is 5.47. The second kappa shape index (κ2) is 6.45. The lowest BCUT2D eigenvalue weighted by molar-refractivity contribution is -0.141. The molecule has 120 valence electrons. The van der Waals surface area contributed by atoms with Gasteiger partial charge in [-0.3, -0.25) is 4.79 Å². The molecule has 1 fully saturated rings. The molecule has 5 nitrogen and oxygen atoms in total. The molecule has 1 amide bonds. The quantitative estimate of drug-likeness (QED) is 0.933. The van der Waals surface area contributed by atoms with Crippen molar-refractivity contribution in [2.45, 2.75) is 25.3 Å². The number of halogens is 1. The number of hydrogen-bond donors (Lipinski definition) is 1. The largest absolute Gasteiger partial charge is 0.480 e. The van der Waals surface area contributed by atoms with E-state index >= 15 is 0 Å². The Morgan fingerprint density at radius 3 is 3.00 bits per heavy atom. The molecule has 1 atom stereocenters. The van der Waals surface area contributed by atoms with Gasteiger partial charge in [-0.05, 0) is 30.5 Å². The van der Waals surface area contributed by atoms with E-state index in [2.05, 4.69) is 4.98 Å². The molecule has 0 spiro atoms. The van der Waals surface area contributed by atoms with E-state index in [1.54, 1.807) is 17.5 Å². The van der Waals surface area contributed by atoms with E-state index in [9.17, 15) is 14.0 Å². The van der Waals surface area contributed by atoms with Crippen LogP contribution in [0.2, 0.25) is 0 Å². The molecule has 1 aromatic heterocycles. The Kier molecular flexibility index (Phi) is 4.38. The minimum Gasteiger partial charge on any atom is -0.480 e. The highest BCUT2D eigenvalue weighted by molar-refractivity contribution is 7.09. The van der Waals surface area contributed by atoms with Gasteiger partial charge in [0.05, 0.1) is 5.01 Å². The number of nitrogens with zero attached hydrogens (tertiary/aromatic N) is 2. The lowest BCUT2D eigenvalue weighted by atomic mass is 10.1.